The Kier molecular flexibility index (Phi) is 3.20. The molecule has 19 heavy (non-hydrogen) atoms. The highest BCUT2D eigenvalue weighted by Gasteiger charge is 2.28. The maximum atomic E-state index is 12.1. The molecule has 2 rings (SSSR count). The van der Waals surface area contributed by atoms with Crippen LogP contribution in [0.4, 0.5) is 11.4 Å². The average Bonchev–Trinajstić information content (AvgIpc) is 2.38. The second-order valence-corrected chi connectivity index (χ2v) is 6.25. The predicted octanol–water partition coefficient (Wildman–Crippen LogP) is 2.70. The third-order valence-electron chi connectivity index (χ3n) is 3.48. The van der Waals surface area contributed by atoms with Crippen molar-refractivity contribution in [3.8, 4) is 5.75 Å². The van der Waals surface area contributed by atoms with Gasteiger partial charge in [-0.05, 0) is 30.0 Å². The molecule has 0 fully saturated rings. The van der Waals surface area contributed by atoms with Gasteiger partial charge in [0, 0.05) is 7.05 Å². The van der Waals surface area contributed by atoms with Gasteiger partial charge in [0.05, 0.1) is 17.8 Å². The summed E-state index contributed by atoms with van der Waals surface area (Å²) in [4.78, 5) is 13.7. The van der Waals surface area contributed by atoms with Crippen LogP contribution in [-0.4, -0.2) is 19.1 Å². The highest BCUT2D eigenvalue weighted by atomic mass is 16.5. The zero-order chi connectivity index (χ0) is 14.4. The van der Waals surface area contributed by atoms with Crippen molar-refractivity contribution in [1.29, 1.82) is 0 Å². The standard InChI is InChI=1S/C15H22N2O2/c1-9-6-13(18)17(5)12-8-10(15(2,3)4)7-11(16)14(12)19-9/h7-9H,6,16H2,1-5H3. The second-order valence-electron chi connectivity index (χ2n) is 6.25. The third kappa shape index (κ3) is 2.53. The van der Waals surface area contributed by atoms with Crippen molar-refractivity contribution < 1.29 is 9.53 Å². The van der Waals surface area contributed by atoms with Crippen molar-refractivity contribution in [3.05, 3.63) is 17.7 Å². The number of nitrogens with two attached hydrogens (primary N) is 1. The molecule has 1 aromatic carbocycles. The maximum Gasteiger partial charge on any atom is 0.230 e. The number of anilines is 2. The minimum absolute atomic E-state index is 0.0229. The van der Waals surface area contributed by atoms with Crippen LogP contribution in [0.2, 0.25) is 0 Å². The van der Waals surface area contributed by atoms with Crippen molar-refractivity contribution in [3.63, 3.8) is 0 Å². The van der Waals surface area contributed by atoms with Gasteiger partial charge in [0.1, 0.15) is 6.10 Å². The first-order chi connectivity index (χ1) is 8.70. The number of hydrogen-bond acceptors (Lipinski definition) is 3. The first-order valence-corrected chi connectivity index (χ1v) is 6.57. The van der Waals surface area contributed by atoms with Crippen LogP contribution in [0.3, 0.4) is 0 Å². The zero-order valence-corrected chi connectivity index (χ0v) is 12.3. The monoisotopic (exact) mass is 262 g/mol. The molecule has 0 saturated heterocycles. The van der Waals surface area contributed by atoms with E-state index < -0.39 is 0 Å². The lowest BCUT2D eigenvalue weighted by atomic mass is 9.86. The van der Waals surface area contributed by atoms with E-state index >= 15 is 0 Å². The smallest absolute Gasteiger partial charge is 0.230 e. The Balaban J connectivity index is 2.61. The molecule has 0 aliphatic carbocycles. The molecule has 1 aliphatic heterocycles. The Bertz CT molecular complexity index is 518. The Morgan fingerprint density at radius 1 is 1.37 bits per heavy atom. The molecule has 4 heteroatoms. The highest BCUT2D eigenvalue weighted by Crippen LogP contribution is 2.41. The Morgan fingerprint density at radius 3 is 2.58 bits per heavy atom. The SMILES string of the molecule is CC1CC(=O)N(C)c2cc(C(C)(C)C)cc(N)c2O1. The van der Waals surface area contributed by atoms with E-state index in [1.807, 2.05) is 19.1 Å². The summed E-state index contributed by atoms with van der Waals surface area (Å²) < 4.78 is 5.81. The number of ether oxygens (including phenoxy) is 1. The molecule has 1 aromatic rings. The maximum absolute atomic E-state index is 12.1. The van der Waals surface area contributed by atoms with Crippen molar-refractivity contribution in [2.75, 3.05) is 17.7 Å². The number of carbonyl (C=O) groups is 1. The van der Waals surface area contributed by atoms with E-state index in [0.29, 0.717) is 17.9 Å². The Morgan fingerprint density at radius 2 is 2.00 bits per heavy atom. The summed E-state index contributed by atoms with van der Waals surface area (Å²) in [6.07, 6.45) is 0.217. The van der Waals surface area contributed by atoms with Crippen LogP contribution in [-0.2, 0) is 10.2 Å². The molecule has 0 bridgehead atoms. The van der Waals surface area contributed by atoms with Crippen LogP contribution < -0.4 is 15.4 Å². The van der Waals surface area contributed by atoms with Gasteiger partial charge in [-0.3, -0.25) is 4.79 Å². The van der Waals surface area contributed by atoms with Gasteiger partial charge in [0.25, 0.3) is 0 Å². The number of amides is 1. The first-order valence-electron chi connectivity index (χ1n) is 6.57. The van der Waals surface area contributed by atoms with E-state index in [0.717, 1.165) is 11.3 Å². The molecule has 4 nitrogen and oxygen atoms in total. The van der Waals surface area contributed by atoms with E-state index in [2.05, 4.69) is 20.8 Å². The fourth-order valence-corrected chi connectivity index (χ4v) is 2.21. The van der Waals surface area contributed by atoms with Crippen LogP contribution in [0.25, 0.3) is 0 Å². The lowest BCUT2D eigenvalue weighted by Crippen LogP contribution is -2.27. The Hall–Kier alpha value is -1.71. The summed E-state index contributed by atoms with van der Waals surface area (Å²) in [5, 5.41) is 0. The topological polar surface area (TPSA) is 55.6 Å². The molecule has 1 unspecified atom stereocenters. The summed E-state index contributed by atoms with van der Waals surface area (Å²) in [6.45, 7) is 8.25. The van der Waals surface area contributed by atoms with Crippen molar-refractivity contribution in [2.24, 2.45) is 0 Å². The van der Waals surface area contributed by atoms with Gasteiger partial charge in [-0.15, -0.1) is 0 Å². The molecule has 0 spiro atoms. The van der Waals surface area contributed by atoms with Gasteiger partial charge in [0.2, 0.25) is 5.91 Å². The number of hydrogen-bond donors (Lipinski definition) is 1. The molecular weight excluding hydrogens is 240 g/mol. The third-order valence-corrected chi connectivity index (χ3v) is 3.48. The lowest BCUT2D eigenvalue weighted by Gasteiger charge is -2.24. The van der Waals surface area contributed by atoms with E-state index in [1.165, 1.54) is 0 Å². The van der Waals surface area contributed by atoms with Gasteiger partial charge in [-0.2, -0.15) is 0 Å². The van der Waals surface area contributed by atoms with Crippen molar-refractivity contribution in [2.45, 2.75) is 45.6 Å². The van der Waals surface area contributed by atoms with Gasteiger partial charge in [-0.25, -0.2) is 0 Å². The second kappa shape index (κ2) is 4.44. The average molecular weight is 262 g/mol. The molecule has 0 aromatic heterocycles. The van der Waals surface area contributed by atoms with Gasteiger partial charge >= 0.3 is 0 Å². The summed E-state index contributed by atoms with van der Waals surface area (Å²) in [7, 11) is 1.77. The van der Waals surface area contributed by atoms with E-state index in [9.17, 15) is 4.79 Å². The fourth-order valence-electron chi connectivity index (χ4n) is 2.21. The fraction of sp³-hybridized carbons (Fsp3) is 0.533. The van der Waals surface area contributed by atoms with Crippen molar-refractivity contribution in [1.82, 2.24) is 0 Å². The first kappa shape index (κ1) is 13.7. The predicted molar refractivity (Wildman–Crippen MR) is 77.7 cm³/mol. The largest absolute Gasteiger partial charge is 0.486 e. The summed E-state index contributed by atoms with van der Waals surface area (Å²) in [5.41, 5.74) is 8.55. The molecule has 1 aliphatic rings. The van der Waals surface area contributed by atoms with E-state index in [-0.39, 0.29) is 17.4 Å². The number of nitrogen functional groups attached to an aromatic ring is 1. The normalized spacial score (nSPS) is 19.7. The zero-order valence-electron chi connectivity index (χ0n) is 12.3. The molecule has 1 heterocycles. The quantitative estimate of drug-likeness (QED) is 0.731. The lowest BCUT2D eigenvalue weighted by molar-refractivity contribution is -0.119. The number of benzene rings is 1. The minimum Gasteiger partial charge on any atom is -0.486 e. The molecule has 104 valence electrons. The molecular formula is C15H22N2O2. The van der Waals surface area contributed by atoms with Crippen LogP contribution in [0, 0.1) is 0 Å². The van der Waals surface area contributed by atoms with Gasteiger partial charge < -0.3 is 15.4 Å². The van der Waals surface area contributed by atoms with Crippen molar-refractivity contribution >= 4 is 17.3 Å². The van der Waals surface area contributed by atoms with Crippen LogP contribution in [0.5, 0.6) is 5.75 Å². The van der Waals surface area contributed by atoms with Crippen LogP contribution >= 0.6 is 0 Å². The number of fused-ring (bicyclic) bond motifs is 1. The van der Waals surface area contributed by atoms with Crippen LogP contribution in [0.1, 0.15) is 39.7 Å². The molecule has 0 radical (unpaired) electrons. The number of nitrogens with zero attached hydrogens (tertiary/aromatic N) is 1. The van der Waals surface area contributed by atoms with E-state index in [1.54, 1.807) is 11.9 Å². The summed E-state index contributed by atoms with van der Waals surface area (Å²) >= 11 is 0. The Labute approximate surface area is 114 Å². The molecule has 1 amide bonds. The molecule has 1 atom stereocenters. The molecule has 0 saturated carbocycles. The summed E-state index contributed by atoms with van der Waals surface area (Å²) in [5.74, 6) is 0.672. The summed E-state index contributed by atoms with van der Waals surface area (Å²) in [6, 6.07) is 3.94. The minimum atomic E-state index is -0.154. The number of rotatable bonds is 0. The van der Waals surface area contributed by atoms with Gasteiger partial charge in [-0.1, -0.05) is 20.8 Å². The van der Waals surface area contributed by atoms with Crippen LogP contribution in [0.15, 0.2) is 12.1 Å². The van der Waals surface area contributed by atoms with E-state index in [4.69, 9.17) is 10.5 Å². The number of carbonyl (C=O) groups excluding carboxylic acids is 1. The van der Waals surface area contributed by atoms with Gasteiger partial charge in [0.15, 0.2) is 5.75 Å². The highest BCUT2D eigenvalue weighted by molar-refractivity contribution is 5.96. The molecule has 2 N–H and O–H groups in total.